The molecular formula is C23H30N2O3S. The molecule has 1 amide bonds. The van der Waals surface area contributed by atoms with Crippen molar-refractivity contribution in [1.29, 1.82) is 0 Å². The fourth-order valence-electron chi connectivity index (χ4n) is 2.38. The number of anilines is 1. The van der Waals surface area contributed by atoms with Crippen LogP contribution in [0.25, 0.3) is 0 Å². The molecule has 29 heavy (non-hydrogen) atoms. The molecule has 156 valence electrons. The molecule has 0 aliphatic heterocycles. The first-order valence-electron chi connectivity index (χ1n) is 9.91. The number of nitrogens with one attached hydrogen (secondary N) is 2. The molecule has 6 heteroatoms. The molecular weight excluding hydrogens is 384 g/mol. The predicted molar refractivity (Wildman–Crippen MR) is 122 cm³/mol. The summed E-state index contributed by atoms with van der Waals surface area (Å²) in [5, 5.41) is 5.94. The van der Waals surface area contributed by atoms with E-state index in [2.05, 4.69) is 38.3 Å². The second-order valence-electron chi connectivity index (χ2n) is 7.70. The summed E-state index contributed by atoms with van der Waals surface area (Å²) in [6.07, 6.45) is 0.992. The molecule has 2 N–H and O–H groups in total. The molecule has 0 aliphatic rings. The van der Waals surface area contributed by atoms with Gasteiger partial charge in [-0.2, -0.15) is 0 Å². The third-order valence-corrected chi connectivity index (χ3v) is 4.19. The second kappa shape index (κ2) is 11.4. The van der Waals surface area contributed by atoms with E-state index in [9.17, 15) is 4.79 Å². The molecule has 0 heterocycles. The largest absolute Gasteiger partial charge is 0.494 e. The van der Waals surface area contributed by atoms with Crippen molar-refractivity contribution >= 4 is 28.9 Å². The summed E-state index contributed by atoms with van der Waals surface area (Å²) in [5.41, 5.74) is 1.27. The van der Waals surface area contributed by atoms with Crippen LogP contribution in [0.15, 0.2) is 48.5 Å². The predicted octanol–water partition coefficient (Wildman–Crippen LogP) is 5.27. The lowest BCUT2D eigenvalue weighted by atomic mass is 10.1. The lowest BCUT2D eigenvalue weighted by Crippen LogP contribution is -2.34. The van der Waals surface area contributed by atoms with E-state index in [0.717, 1.165) is 23.6 Å². The van der Waals surface area contributed by atoms with Crippen molar-refractivity contribution in [3.05, 3.63) is 54.1 Å². The molecule has 0 aliphatic carbocycles. The lowest BCUT2D eigenvalue weighted by molar-refractivity contribution is 0.0977. The van der Waals surface area contributed by atoms with Crippen LogP contribution in [0.3, 0.4) is 0 Å². The summed E-state index contributed by atoms with van der Waals surface area (Å²) >= 11 is 5.26. The van der Waals surface area contributed by atoms with Gasteiger partial charge in [-0.3, -0.25) is 10.1 Å². The molecule has 0 aromatic heterocycles. The van der Waals surface area contributed by atoms with Gasteiger partial charge >= 0.3 is 0 Å². The Hall–Kier alpha value is -2.60. The van der Waals surface area contributed by atoms with Gasteiger partial charge in [0.05, 0.1) is 13.2 Å². The summed E-state index contributed by atoms with van der Waals surface area (Å²) in [4.78, 5) is 12.4. The molecule has 0 bridgehead atoms. The number of ether oxygens (including phenoxy) is 2. The van der Waals surface area contributed by atoms with Crippen molar-refractivity contribution in [2.24, 2.45) is 11.8 Å². The molecule has 0 saturated carbocycles. The van der Waals surface area contributed by atoms with Crippen molar-refractivity contribution < 1.29 is 14.3 Å². The first-order valence-corrected chi connectivity index (χ1v) is 10.3. The van der Waals surface area contributed by atoms with Crippen LogP contribution in [0.4, 0.5) is 5.69 Å². The zero-order valence-electron chi connectivity index (χ0n) is 17.5. The van der Waals surface area contributed by atoms with E-state index in [1.807, 2.05) is 24.3 Å². The molecule has 0 spiro atoms. The molecule has 0 unspecified atom stereocenters. The van der Waals surface area contributed by atoms with E-state index < -0.39 is 0 Å². The van der Waals surface area contributed by atoms with E-state index in [1.165, 1.54) is 0 Å². The summed E-state index contributed by atoms with van der Waals surface area (Å²) in [7, 11) is 0. The van der Waals surface area contributed by atoms with Gasteiger partial charge in [0.25, 0.3) is 5.91 Å². The van der Waals surface area contributed by atoms with Gasteiger partial charge in [0.2, 0.25) is 0 Å². The zero-order valence-corrected chi connectivity index (χ0v) is 18.3. The van der Waals surface area contributed by atoms with Crippen LogP contribution in [0.2, 0.25) is 0 Å². The first kappa shape index (κ1) is 22.7. The van der Waals surface area contributed by atoms with Crippen molar-refractivity contribution in [2.75, 3.05) is 18.5 Å². The topological polar surface area (TPSA) is 59.6 Å². The number of rotatable bonds is 9. The molecule has 0 atom stereocenters. The molecule has 0 radical (unpaired) electrons. The zero-order chi connectivity index (χ0) is 21.2. The quantitative estimate of drug-likeness (QED) is 0.547. The molecule has 2 aromatic rings. The Morgan fingerprint density at radius 1 is 0.966 bits per heavy atom. The number of carbonyl (C=O) groups is 1. The molecule has 0 saturated heterocycles. The Morgan fingerprint density at radius 3 is 2.34 bits per heavy atom. The number of benzene rings is 2. The molecule has 5 nitrogen and oxygen atoms in total. The Labute approximate surface area is 178 Å². The van der Waals surface area contributed by atoms with Crippen molar-refractivity contribution in [1.82, 2.24) is 5.32 Å². The SMILES string of the molecule is CC(C)CCOc1ccc(C(=O)NC(=S)Nc2cccc(OCC(C)C)c2)cc1. The first-order chi connectivity index (χ1) is 13.8. The number of amides is 1. The molecule has 0 fully saturated rings. The Bertz CT molecular complexity index is 804. The maximum Gasteiger partial charge on any atom is 0.257 e. The van der Waals surface area contributed by atoms with Crippen LogP contribution >= 0.6 is 12.2 Å². The minimum absolute atomic E-state index is 0.230. The van der Waals surface area contributed by atoms with Gasteiger partial charge in [0.15, 0.2) is 5.11 Å². The second-order valence-corrected chi connectivity index (χ2v) is 8.10. The van der Waals surface area contributed by atoms with Crippen LogP contribution in [0.1, 0.15) is 44.5 Å². The highest BCUT2D eigenvalue weighted by Gasteiger charge is 2.09. The average molecular weight is 415 g/mol. The smallest absolute Gasteiger partial charge is 0.257 e. The molecule has 2 aromatic carbocycles. The van der Waals surface area contributed by atoms with Gasteiger partial charge in [-0.15, -0.1) is 0 Å². The van der Waals surface area contributed by atoms with Gasteiger partial charge in [-0.25, -0.2) is 0 Å². The molecule has 2 rings (SSSR count). The summed E-state index contributed by atoms with van der Waals surface area (Å²) in [6, 6.07) is 14.5. The van der Waals surface area contributed by atoms with Crippen molar-refractivity contribution in [2.45, 2.75) is 34.1 Å². The van der Waals surface area contributed by atoms with E-state index in [4.69, 9.17) is 21.7 Å². The van der Waals surface area contributed by atoms with Gasteiger partial charge in [-0.05, 0) is 66.9 Å². The maximum atomic E-state index is 12.4. The number of thiocarbonyl (C=S) groups is 1. The lowest BCUT2D eigenvalue weighted by Gasteiger charge is -2.13. The highest BCUT2D eigenvalue weighted by Crippen LogP contribution is 2.18. The van der Waals surface area contributed by atoms with Gasteiger partial charge in [0.1, 0.15) is 11.5 Å². The van der Waals surface area contributed by atoms with Gasteiger partial charge in [0, 0.05) is 17.3 Å². The van der Waals surface area contributed by atoms with Crippen LogP contribution in [0, 0.1) is 11.8 Å². The maximum absolute atomic E-state index is 12.4. The Balaban J connectivity index is 1.85. The number of hydrogen-bond donors (Lipinski definition) is 2. The van der Waals surface area contributed by atoms with Crippen molar-refractivity contribution in [3.8, 4) is 11.5 Å². The van der Waals surface area contributed by atoms with E-state index in [1.54, 1.807) is 24.3 Å². The normalized spacial score (nSPS) is 10.7. The number of carbonyl (C=O) groups excluding carboxylic acids is 1. The Morgan fingerprint density at radius 2 is 1.69 bits per heavy atom. The fraction of sp³-hybridized carbons (Fsp3) is 0.391. The average Bonchev–Trinajstić information content (AvgIpc) is 2.66. The fourth-order valence-corrected chi connectivity index (χ4v) is 2.59. The van der Waals surface area contributed by atoms with Crippen LogP contribution in [-0.4, -0.2) is 24.2 Å². The highest BCUT2D eigenvalue weighted by molar-refractivity contribution is 7.80. The summed E-state index contributed by atoms with van der Waals surface area (Å²) in [6.45, 7) is 9.80. The van der Waals surface area contributed by atoms with Crippen LogP contribution < -0.4 is 20.1 Å². The summed E-state index contributed by atoms with van der Waals surface area (Å²) in [5.74, 6) is 2.27. The minimum Gasteiger partial charge on any atom is -0.494 e. The highest BCUT2D eigenvalue weighted by atomic mass is 32.1. The standard InChI is InChI=1S/C23H30N2O3S/c1-16(2)12-13-27-20-10-8-18(9-11-20)22(26)25-23(29)24-19-6-5-7-21(14-19)28-15-17(3)4/h5-11,14,16-17H,12-13,15H2,1-4H3,(H2,24,25,26,29). The Kier molecular flexibility index (Phi) is 8.93. The van der Waals surface area contributed by atoms with Crippen molar-refractivity contribution in [3.63, 3.8) is 0 Å². The number of hydrogen-bond acceptors (Lipinski definition) is 4. The monoisotopic (exact) mass is 414 g/mol. The van der Waals surface area contributed by atoms with E-state index in [0.29, 0.717) is 30.6 Å². The van der Waals surface area contributed by atoms with Gasteiger partial charge < -0.3 is 14.8 Å². The summed E-state index contributed by atoms with van der Waals surface area (Å²) < 4.78 is 11.4. The minimum atomic E-state index is -0.275. The third-order valence-electron chi connectivity index (χ3n) is 3.98. The van der Waals surface area contributed by atoms with Crippen LogP contribution in [0.5, 0.6) is 11.5 Å². The van der Waals surface area contributed by atoms with Gasteiger partial charge in [-0.1, -0.05) is 33.8 Å². The third kappa shape index (κ3) is 8.52. The van der Waals surface area contributed by atoms with E-state index >= 15 is 0 Å². The van der Waals surface area contributed by atoms with Crippen LogP contribution in [-0.2, 0) is 0 Å². The van der Waals surface area contributed by atoms with E-state index in [-0.39, 0.29) is 11.0 Å².